The van der Waals surface area contributed by atoms with Crippen LogP contribution in [0.15, 0.2) is 23.2 Å². The third kappa shape index (κ3) is 3.18. The van der Waals surface area contributed by atoms with Crippen molar-refractivity contribution in [2.75, 3.05) is 12.0 Å². The summed E-state index contributed by atoms with van der Waals surface area (Å²) in [5, 5.41) is 0. The van der Waals surface area contributed by atoms with Gasteiger partial charge in [-0.25, -0.2) is 24.0 Å². The highest BCUT2D eigenvalue weighted by Crippen LogP contribution is 2.43. The second kappa shape index (κ2) is 5.88. The van der Waals surface area contributed by atoms with E-state index >= 15 is 0 Å². The molecule has 0 amide bonds. The van der Waals surface area contributed by atoms with Crippen LogP contribution in [0, 0.1) is 5.41 Å². The predicted octanol–water partition coefficient (Wildman–Crippen LogP) is 0.849. The number of nitrogens with one attached hydrogen (secondary N) is 2. The molecule has 2 atom stereocenters. The molecule has 0 radical (unpaired) electrons. The van der Waals surface area contributed by atoms with E-state index in [1.807, 2.05) is 20.8 Å². The number of sulfonamides is 1. The zero-order valence-electron chi connectivity index (χ0n) is 12.5. The Morgan fingerprint density at radius 2 is 2.24 bits per heavy atom. The van der Waals surface area contributed by atoms with Crippen LogP contribution < -0.4 is 16.0 Å². The molecule has 0 bridgehead atoms. The summed E-state index contributed by atoms with van der Waals surface area (Å²) in [5.74, 6) is 5.55. The van der Waals surface area contributed by atoms with E-state index in [9.17, 15) is 8.42 Å². The Hall–Kier alpha value is -1.22. The molecule has 0 spiro atoms. The Labute approximate surface area is 125 Å². The first kappa shape index (κ1) is 16.2. The number of nitrogen functional groups attached to an aromatic ring is 1. The number of anilines is 1. The molecule has 0 aromatic carbocycles. The van der Waals surface area contributed by atoms with Crippen molar-refractivity contribution >= 4 is 15.8 Å². The zero-order valence-corrected chi connectivity index (χ0v) is 13.3. The van der Waals surface area contributed by atoms with Gasteiger partial charge in [0.05, 0.1) is 11.0 Å². The van der Waals surface area contributed by atoms with Crippen LogP contribution in [0.2, 0.25) is 0 Å². The van der Waals surface area contributed by atoms with Crippen LogP contribution in [0.25, 0.3) is 0 Å². The first-order chi connectivity index (χ1) is 9.81. The van der Waals surface area contributed by atoms with E-state index in [-0.39, 0.29) is 22.5 Å². The maximum absolute atomic E-state index is 12.4. The minimum atomic E-state index is -3.60. The molecule has 2 unspecified atom stereocenters. The van der Waals surface area contributed by atoms with Gasteiger partial charge in [0.25, 0.3) is 0 Å². The lowest BCUT2D eigenvalue weighted by Crippen LogP contribution is -2.61. The zero-order chi connectivity index (χ0) is 15.7. The Bertz CT molecular complexity index is 603. The lowest BCUT2D eigenvalue weighted by molar-refractivity contribution is -0.108. The smallest absolute Gasteiger partial charge is 0.241 e. The van der Waals surface area contributed by atoms with Gasteiger partial charge >= 0.3 is 0 Å². The van der Waals surface area contributed by atoms with Crippen LogP contribution in [0.3, 0.4) is 0 Å². The van der Waals surface area contributed by atoms with E-state index in [0.29, 0.717) is 18.8 Å². The van der Waals surface area contributed by atoms with Crippen LogP contribution in [0.5, 0.6) is 0 Å². The summed E-state index contributed by atoms with van der Waals surface area (Å²) in [6, 6.07) is 2.68. The average molecular weight is 314 g/mol. The van der Waals surface area contributed by atoms with Gasteiger partial charge in [-0.1, -0.05) is 13.8 Å². The molecule has 7 nitrogen and oxygen atoms in total. The molecular formula is C13H22N4O3S. The fourth-order valence-electron chi connectivity index (χ4n) is 2.48. The third-order valence-electron chi connectivity index (χ3n) is 4.03. The molecule has 1 heterocycles. The van der Waals surface area contributed by atoms with Crippen molar-refractivity contribution in [3.8, 4) is 0 Å². The normalized spacial score (nSPS) is 24.4. The predicted molar refractivity (Wildman–Crippen MR) is 80.0 cm³/mol. The first-order valence-corrected chi connectivity index (χ1v) is 8.36. The SMILES string of the molecule is CCOC1CC(NS(=O)(=O)c2ccnc(NN)c2)C1(C)C. The molecule has 1 aliphatic carbocycles. The van der Waals surface area contributed by atoms with Crippen LogP contribution in [0.1, 0.15) is 27.2 Å². The average Bonchev–Trinajstić information content (AvgIpc) is 2.46. The number of pyridine rings is 1. The number of hydrogen-bond acceptors (Lipinski definition) is 6. The lowest BCUT2D eigenvalue weighted by Gasteiger charge is -2.51. The van der Waals surface area contributed by atoms with E-state index < -0.39 is 10.0 Å². The molecule has 4 N–H and O–H groups in total. The summed E-state index contributed by atoms with van der Waals surface area (Å²) in [6.45, 7) is 6.57. The molecule has 0 aliphatic heterocycles. The number of ether oxygens (including phenoxy) is 1. The van der Waals surface area contributed by atoms with Gasteiger partial charge in [0, 0.05) is 30.3 Å². The Balaban J connectivity index is 2.12. The standard InChI is InChI=1S/C13H22N4O3S/c1-4-20-11-8-10(13(11,2)3)17-21(18,19)9-5-6-15-12(7-9)16-14/h5-7,10-11,17H,4,8,14H2,1-3H3,(H,15,16). The Morgan fingerprint density at radius 1 is 1.52 bits per heavy atom. The Kier molecular flexibility index (Phi) is 4.52. The molecule has 21 heavy (non-hydrogen) atoms. The summed E-state index contributed by atoms with van der Waals surface area (Å²) in [6.07, 6.45) is 2.15. The molecule has 1 aromatic heterocycles. The number of rotatable bonds is 6. The maximum atomic E-state index is 12.4. The minimum absolute atomic E-state index is 0.0777. The van der Waals surface area contributed by atoms with Gasteiger partial charge < -0.3 is 10.2 Å². The fraction of sp³-hybridized carbons (Fsp3) is 0.615. The van der Waals surface area contributed by atoms with Crippen molar-refractivity contribution in [3.63, 3.8) is 0 Å². The van der Waals surface area contributed by atoms with E-state index in [2.05, 4.69) is 15.1 Å². The van der Waals surface area contributed by atoms with Gasteiger partial charge in [-0.2, -0.15) is 0 Å². The topological polar surface area (TPSA) is 106 Å². The number of nitrogens with zero attached hydrogens (tertiary/aromatic N) is 1. The summed E-state index contributed by atoms with van der Waals surface area (Å²) in [5.41, 5.74) is 2.11. The molecule has 2 rings (SSSR count). The van der Waals surface area contributed by atoms with Gasteiger partial charge in [0.15, 0.2) is 0 Å². The van der Waals surface area contributed by atoms with Crippen molar-refractivity contribution in [2.45, 2.75) is 44.2 Å². The van der Waals surface area contributed by atoms with E-state index in [4.69, 9.17) is 10.6 Å². The number of aromatic nitrogens is 1. The molecule has 1 aromatic rings. The van der Waals surface area contributed by atoms with Gasteiger partial charge in [-0.3, -0.25) is 0 Å². The molecule has 1 aliphatic rings. The largest absolute Gasteiger partial charge is 0.378 e. The van der Waals surface area contributed by atoms with Crippen LogP contribution >= 0.6 is 0 Å². The van der Waals surface area contributed by atoms with Crippen molar-refractivity contribution in [2.24, 2.45) is 11.3 Å². The second-order valence-corrected chi connectivity index (χ2v) is 7.41. The molecule has 8 heteroatoms. The number of hydrogen-bond donors (Lipinski definition) is 3. The quantitative estimate of drug-likeness (QED) is 0.531. The summed E-state index contributed by atoms with van der Waals surface area (Å²) >= 11 is 0. The van der Waals surface area contributed by atoms with Crippen molar-refractivity contribution in [3.05, 3.63) is 18.3 Å². The summed E-state index contributed by atoms with van der Waals surface area (Å²) < 4.78 is 33.2. The van der Waals surface area contributed by atoms with Gasteiger partial charge in [-0.05, 0) is 19.4 Å². The van der Waals surface area contributed by atoms with Gasteiger partial charge in [0.1, 0.15) is 5.82 Å². The van der Waals surface area contributed by atoms with E-state index in [0.717, 1.165) is 0 Å². The molecule has 0 saturated heterocycles. The minimum Gasteiger partial charge on any atom is -0.378 e. The van der Waals surface area contributed by atoms with E-state index in [1.165, 1.54) is 18.3 Å². The van der Waals surface area contributed by atoms with Crippen molar-refractivity contribution in [1.29, 1.82) is 0 Å². The second-order valence-electron chi connectivity index (χ2n) is 5.70. The van der Waals surface area contributed by atoms with Crippen molar-refractivity contribution in [1.82, 2.24) is 9.71 Å². The highest BCUT2D eigenvalue weighted by atomic mass is 32.2. The molecule has 118 valence electrons. The van der Waals surface area contributed by atoms with Gasteiger partial charge in [0.2, 0.25) is 10.0 Å². The highest BCUT2D eigenvalue weighted by Gasteiger charge is 2.50. The molecule has 1 saturated carbocycles. The van der Waals surface area contributed by atoms with Crippen LogP contribution in [-0.4, -0.2) is 32.2 Å². The summed E-state index contributed by atoms with van der Waals surface area (Å²) in [7, 11) is -3.60. The van der Waals surface area contributed by atoms with Crippen LogP contribution in [0.4, 0.5) is 5.82 Å². The molecule has 1 fully saturated rings. The Morgan fingerprint density at radius 3 is 2.81 bits per heavy atom. The third-order valence-corrected chi connectivity index (χ3v) is 5.50. The highest BCUT2D eigenvalue weighted by molar-refractivity contribution is 7.89. The van der Waals surface area contributed by atoms with Crippen LogP contribution in [-0.2, 0) is 14.8 Å². The van der Waals surface area contributed by atoms with Gasteiger partial charge in [-0.15, -0.1) is 0 Å². The fourth-order valence-corrected chi connectivity index (χ4v) is 3.90. The number of hydrazine groups is 1. The molecular weight excluding hydrogens is 292 g/mol. The number of nitrogens with two attached hydrogens (primary N) is 1. The summed E-state index contributed by atoms with van der Waals surface area (Å²) in [4.78, 5) is 4.04. The lowest BCUT2D eigenvalue weighted by atomic mass is 9.65. The first-order valence-electron chi connectivity index (χ1n) is 6.88. The van der Waals surface area contributed by atoms with Crippen molar-refractivity contribution < 1.29 is 13.2 Å². The van der Waals surface area contributed by atoms with E-state index in [1.54, 1.807) is 0 Å². The monoisotopic (exact) mass is 314 g/mol. The maximum Gasteiger partial charge on any atom is 0.241 e.